The Hall–Kier alpha value is -1.49. The van der Waals surface area contributed by atoms with Crippen LogP contribution in [0.15, 0.2) is 36.1 Å². The molecule has 0 aliphatic carbocycles. The molecule has 1 aromatic carbocycles. The van der Waals surface area contributed by atoms with Gasteiger partial charge in [-0.1, -0.05) is 12.1 Å². The minimum absolute atomic E-state index is 0.00652. The average molecular weight is 285 g/mol. The molecule has 1 atom stereocenters. The van der Waals surface area contributed by atoms with E-state index < -0.39 is 11.7 Å². The van der Waals surface area contributed by atoms with Crippen molar-refractivity contribution in [3.8, 4) is 0 Å². The van der Waals surface area contributed by atoms with E-state index in [2.05, 4.69) is 11.4 Å². The first-order chi connectivity index (χ1) is 9.50. The van der Waals surface area contributed by atoms with Crippen LogP contribution < -0.4 is 5.32 Å². The first-order valence-electron chi connectivity index (χ1n) is 6.67. The van der Waals surface area contributed by atoms with E-state index in [1.807, 2.05) is 7.05 Å². The monoisotopic (exact) mass is 285 g/mol. The molecule has 1 aliphatic rings. The molecule has 0 saturated heterocycles. The summed E-state index contributed by atoms with van der Waals surface area (Å²) < 4.78 is 43.1. The highest BCUT2D eigenvalue weighted by molar-refractivity contribution is 5.26. The van der Waals surface area contributed by atoms with Crippen molar-refractivity contribution < 1.29 is 17.9 Å². The van der Waals surface area contributed by atoms with Gasteiger partial charge in [-0.2, -0.15) is 13.2 Å². The van der Waals surface area contributed by atoms with E-state index >= 15 is 0 Å². The van der Waals surface area contributed by atoms with Crippen LogP contribution >= 0.6 is 0 Å². The van der Waals surface area contributed by atoms with Crippen molar-refractivity contribution in [3.05, 3.63) is 47.2 Å². The van der Waals surface area contributed by atoms with Gasteiger partial charge in [-0.3, -0.25) is 0 Å². The van der Waals surface area contributed by atoms with Gasteiger partial charge < -0.3 is 10.1 Å². The summed E-state index contributed by atoms with van der Waals surface area (Å²) in [6, 6.07) is 5.30. The van der Waals surface area contributed by atoms with Crippen molar-refractivity contribution >= 4 is 0 Å². The molecule has 0 bridgehead atoms. The van der Waals surface area contributed by atoms with Gasteiger partial charge in [-0.25, -0.2) is 0 Å². The van der Waals surface area contributed by atoms with Gasteiger partial charge in [-0.05, 0) is 50.1 Å². The zero-order valence-electron chi connectivity index (χ0n) is 11.3. The van der Waals surface area contributed by atoms with E-state index in [1.165, 1.54) is 12.1 Å². The molecule has 0 aromatic heterocycles. The molecule has 110 valence electrons. The summed E-state index contributed by atoms with van der Waals surface area (Å²) in [5.41, 5.74) is 0.239. The molecule has 1 unspecified atom stereocenters. The summed E-state index contributed by atoms with van der Waals surface area (Å²) in [5, 5.41) is 3.15. The minimum atomic E-state index is -4.28. The first-order valence-corrected chi connectivity index (χ1v) is 6.67. The molecule has 1 aromatic rings. The smallest absolute Gasteiger partial charge is 0.416 e. The predicted octanol–water partition coefficient (Wildman–Crippen LogP) is 3.53. The van der Waals surface area contributed by atoms with Gasteiger partial charge in [0, 0.05) is 0 Å². The van der Waals surface area contributed by atoms with Gasteiger partial charge in [0.05, 0.1) is 18.2 Å². The van der Waals surface area contributed by atoms with E-state index in [4.69, 9.17) is 4.74 Å². The highest BCUT2D eigenvalue weighted by Crippen LogP contribution is 2.29. The van der Waals surface area contributed by atoms with E-state index in [1.54, 1.807) is 0 Å². The molecule has 0 saturated carbocycles. The number of hydrogen-bond acceptors (Lipinski definition) is 2. The lowest BCUT2D eigenvalue weighted by Crippen LogP contribution is -2.32. The molecule has 1 N–H and O–H groups in total. The second-order valence-corrected chi connectivity index (χ2v) is 4.84. The first kappa shape index (κ1) is 14.9. The van der Waals surface area contributed by atoms with Crippen molar-refractivity contribution in [1.29, 1.82) is 0 Å². The van der Waals surface area contributed by atoms with Crippen molar-refractivity contribution in [2.75, 3.05) is 13.7 Å². The molecule has 1 aliphatic heterocycles. The Kier molecular flexibility index (Phi) is 4.70. The third-order valence-corrected chi connectivity index (χ3v) is 3.38. The molecule has 0 fully saturated rings. The van der Waals surface area contributed by atoms with Crippen LogP contribution in [-0.4, -0.2) is 19.7 Å². The maximum absolute atomic E-state index is 12.5. The Morgan fingerprint density at radius 2 is 1.95 bits per heavy atom. The van der Waals surface area contributed by atoms with E-state index in [0.717, 1.165) is 36.3 Å². The van der Waals surface area contributed by atoms with Gasteiger partial charge in [0.15, 0.2) is 0 Å². The van der Waals surface area contributed by atoms with Gasteiger partial charge in [0.25, 0.3) is 0 Å². The maximum Gasteiger partial charge on any atom is 0.416 e. The van der Waals surface area contributed by atoms with Gasteiger partial charge in [0.2, 0.25) is 0 Å². The molecule has 1 heterocycles. The fraction of sp³-hybridized carbons (Fsp3) is 0.467. The number of benzene rings is 1. The topological polar surface area (TPSA) is 21.3 Å². The number of hydrogen-bond donors (Lipinski definition) is 1. The zero-order valence-corrected chi connectivity index (χ0v) is 11.3. The van der Waals surface area contributed by atoms with Crippen LogP contribution in [0.2, 0.25) is 0 Å². The lowest BCUT2D eigenvalue weighted by Gasteiger charge is -2.23. The summed E-state index contributed by atoms with van der Waals surface area (Å²) in [5.74, 6) is 0.888. The van der Waals surface area contributed by atoms with Gasteiger partial charge in [0.1, 0.15) is 5.76 Å². The molecule has 0 spiro atoms. The van der Waals surface area contributed by atoms with Crippen LogP contribution in [-0.2, 0) is 17.3 Å². The van der Waals surface area contributed by atoms with Crippen molar-refractivity contribution in [2.45, 2.75) is 31.5 Å². The van der Waals surface area contributed by atoms with Gasteiger partial charge in [-0.15, -0.1) is 0 Å². The lowest BCUT2D eigenvalue weighted by atomic mass is 10.0. The maximum atomic E-state index is 12.5. The van der Waals surface area contributed by atoms with E-state index in [9.17, 15) is 13.2 Å². The fourth-order valence-electron chi connectivity index (χ4n) is 2.23. The SMILES string of the molecule is CNC(Cc1ccc(C(F)(F)F)cc1)C1=CCCCO1. The van der Waals surface area contributed by atoms with E-state index in [-0.39, 0.29) is 6.04 Å². The summed E-state index contributed by atoms with van der Waals surface area (Å²) in [6.07, 6.45) is 0.381. The molecule has 0 amide bonds. The molecule has 5 heteroatoms. The Morgan fingerprint density at radius 1 is 1.25 bits per heavy atom. The largest absolute Gasteiger partial charge is 0.497 e. The number of ether oxygens (including phenoxy) is 1. The summed E-state index contributed by atoms with van der Waals surface area (Å²) in [6.45, 7) is 0.705. The van der Waals surface area contributed by atoms with Crippen LogP contribution in [0.1, 0.15) is 24.0 Å². The molecular formula is C15H18F3NO. The highest BCUT2D eigenvalue weighted by atomic mass is 19.4. The molecular weight excluding hydrogens is 267 g/mol. The van der Waals surface area contributed by atoms with Gasteiger partial charge >= 0.3 is 6.18 Å². The predicted molar refractivity (Wildman–Crippen MR) is 71.3 cm³/mol. The Bertz CT molecular complexity index is 465. The average Bonchev–Trinajstić information content (AvgIpc) is 2.45. The number of nitrogens with one attached hydrogen (secondary N) is 1. The second kappa shape index (κ2) is 6.31. The second-order valence-electron chi connectivity index (χ2n) is 4.84. The van der Waals surface area contributed by atoms with Crippen LogP contribution in [0, 0.1) is 0 Å². The number of halogens is 3. The van der Waals surface area contributed by atoms with Crippen molar-refractivity contribution in [1.82, 2.24) is 5.32 Å². The Balaban J connectivity index is 2.06. The van der Waals surface area contributed by atoms with Crippen molar-refractivity contribution in [3.63, 3.8) is 0 Å². The number of rotatable bonds is 4. The molecule has 0 radical (unpaired) electrons. The number of likely N-dealkylation sites (N-methyl/N-ethyl adjacent to an activating group) is 1. The normalized spacial score (nSPS) is 17.3. The third kappa shape index (κ3) is 3.76. The standard InChI is InChI=1S/C15H18F3NO/c1-19-13(14-4-2-3-9-20-14)10-11-5-7-12(8-6-11)15(16,17)18/h4-8,13,19H,2-3,9-10H2,1H3. The minimum Gasteiger partial charge on any atom is -0.497 e. The Morgan fingerprint density at radius 3 is 2.45 bits per heavy atom. The highest BCUT2D eigenvalue weighted by Gasteiger charge is 2.30. The lowest BCUT2D eigenvalue weighted by molar-refractivity contribution is -0.137. The zero-order chi connectivity index (χ0) is 14.6. The number of allylic oxidation sites excluding steroid dienone is 1. The van der Waals surface area contributed by atoms with E-state index in [0.29, 0.717) is 13.0 Å². The summed E-state index contributed by atoms with van der Waals surface area (Å²) >= 11 is 0. The van der Waals surface area contributed by atoms with Crippen molar-refractivity contribution in [2.24, 2.45) is 0 Å². The summed E-state index contributed by atoms with van der Waals surface area (Å²) in [4.78, 5) is 0. The van der Waals surface area contributed by atoms with Crippen LogP contribution in [0.25, 0.3) is 0 Å². The quantitative estimate of drug-likeness (QED) is 0.913. The molecule has 2 rings (SSSR count). The number of alkyl halides is 3. The Labute approximate surface area is 116 Å². The van der Waals surface area contributed by atoms with Crippen LogP contribution in [0.5, 0.6) is 0 Å². The molecule has 20 heavy (non-hydrogen) atoms. The third-order valence-electron chi connectivity index (χ3n) is 3.38. The molecule has 2 nitrogen and oxygen atoms in total. The fourth-order valence-corrected chi connectivity index (χ4v) is 2.23. The summed E-state index contributed by atoms with van der Waals surface area (Å²) in [7, 11) is 1.83. The van der Waals surface area contributed by atoms with Crippen LogP contribution in [0.4, 0.5) is 13.2 Å². The van der Waals surface area contributed by atoms with Crippen LogP contribution in [0.3, 0.4) is 0 Å².